The highest BCUT2D eigenvalue weighted by atomic mass is 32.2. The van der Waals surface area contributed by atoms with Crippen LogP contribution in [0.5, 0.6) is 0 Å². The van der Waals surface area contributed by atoms with Crippen molar-refractivity contribution in [3.8, 4) is 0 Å². The molecule has 3 nitrogen and oxygen atoms in total. The standard InChI is InChI=1S/C17H20N2OS/c1-11-9-15(13(3)20-11)12(2)19-17-18-10-16(21-17)14-7-5-4-6-8-14/h4-9,12,16H,10H2,1-3H3,(H,18,19). The molecule has 0 radical (unpaired) electrons. The van der Waals surface area contributed by atoms with Crippen LogP contribution in [0, 0.1) is 13.8 Å². The molecular weight excluding hydrogens is 280 g/mol. The lowest BCUT2D eigenvalue weighted by atomic mass is 10.1. The van der Waals surface area contributed by atoms with Gasteiger partial charge in [-0.05, 0) is 32.4 Å². The van der Waals surface area contributed by atoms with Crippen molar-refractivity contribution in [1.29, 1.82) is 0 Å². The van der Waals surface area contributed by atoms with Crippen molar-refractivity contribution in [2.75, 3.05) is 6.54 Å². The van der Waals surface area contributed by atoms with Gasteiger partial charge >= 0.3 is 0 Å². The molecule has 0 spiro atoms. The maximum absolute atomic E-state index is 5.60. The molecule has 1 aliphatic heterocycles. The van der Waals surface area contributed by atoms with Crippen LogP contribution in [-0.2, 0) is 0 Å². The first kappa shape index (κ1) is 14.3. The van der Waals surface area contributed by atoms with E-state index in [1.165, 1.54) is 11.1 Å². The molecule has 0 fully saturated rings. The average Bonchev–Trinajstić information content (AvgIpc) is 3.06. The minimum absolute atomic E-state index is 0.211. The zero-order valence-electron chi connectivity index (χ0n) is 12.6. The van der Waals surface area contributed by atoms with Crippen molar-refractivity contribution >= 4 is 16.9 Å². The fraction of sp³-hybridized carbons (Fsp3) is 0.353. The van der Waals surface area contributed by atoms with Gasteiger partial charge in [-0.1, -0.05) is 42.1 Å². The summed E-state index contributed by atoms with van der Waals surface area (Å²) in [6.07, 6.45) is 0. The SMILES string of the molecule is Cc1cc(C(C)NC2=NCC(c3ccccc3)S2)c(C)o1. The highest BCUT2D eigenvalue weighted by molar-refractivity contribution is 8.14. The summed E-state index contributed by atoms with van der Waals surface area (Å²) in [5.74, 6) is 1.94. The van der Waals surface area contributed by atoms with Crippen molar-refractivity contribution in [3.05, 3.63) is 59.0 Å². The molecule has 1 aromatic carbocycles. The highest BCUT2D eigenvalue weighted by Gasteiger charge is 2.23. The van der Waals surface area contributed by atoms with Crippen LogP contribution in [0.2, 0.25) is 0 Å². The van der Waals surface area contributed by atoms with Gasteiger partial charge in [0.05, 0.1) is 17.8 Å². The van der Waals surface area contributed by atoms with Gasteiger partial charge in [0.2, 0.25) is 0 Å². The number of hydrogen-bond acceptors (Lipinski definition) is 4. The summed E-state index contributed by atoms with van der Waals surface area (Å²) < 4.78 is 5.60. The van der Waals surface area contributed by atoms with Crippen LogP contribution in [0.3, 0.4) is 0 Å². The lowest BCUT2D eigenvalue weighted by Gasteiger charge is -2.15. The van der Waals surface area contributed by atoms with Crippen molar-refractivity contribution in [2.45, 2.75) is 32.1 Å². The number of benzene rings is 1. The van der Waals surface area contributed by atoms with E-state index in [1.807, 2.05) is 25.6 Å². The molecule has 2 atom stereocenters. The monoisotopic (exact) mass is 300 g/mol. The Hall–Kier alpha value is -1.68. The van der Waals surface area contributed by atoms with Crippen LogP contribution in [0.25, 0.3) is 0 Å². The maximum Gasteiger partial charge on any atom is 0.157 e. The van der Waals surface area contributed by atoms with Gasteiger partial charge in [-0.3, -0.25) is 4.99 Å². The van der Waals surface area contributed by atoms with Gasteiger partial charge in [-0.25, -0.2) is 0 Å². The van der Waals surface area contributed by atoms with E-state index in [9.17, 15) is 0 Å². The second kappa shape index (κ2) is 5.98. The Morgan fingerprint density at radius 2 is 2.05 bits per heavy atom. The number of aryl methyl sites for hydroxylation is 2. The van der Waals surface area contributed by atoms with Crippen LogP contribution in [0.15, 0.2) is 45.8 Å². The van der Waals surface area contributed by atoms with E-state index in [-0.39, 0.29) is 6.04 Å². The van der Waals surface area contributed by atoms with Crippen molar-refractivity contribution in [2.24, 2.45) is 4.99 Å². The maximum atomic E-state index is 5.60. The first-order chi connectivity index (χ1) is 10.1. The number of rotatable bonds is 3. The highest BCUT2D eigenvalue weighted by Crippen LogP contribution is 2.35. The summed E-state index contributed by atoms with van der Waals surface area (Å²) >= 11 is 1.81. The number of nitrogens with one attached hydrogen (secondary N) is 1. The molecule has 4 heteroatoms. The first-order valence-electron chi connectivity index (χ1n) is 7.23. The number of aliphatic imine (C=N–C) groups is 1. The van der Waals surface area contributed by atoms with Gasteiger partial charge < -0.3 is 9.73 Å². The molecular formula is C17H20N2OS. The van der Waals surface area contributed by atoms with Crippen molar-refractivity contribution in [1.82, 2.24) is 5.32 Å². The second-order valence-electron chi connectivity index (χ2n) is 5.40. The molecule has 1 aliphatic rings. The van der Waals surface area contributed by atoms with E-state index in [0.29, 0.717) is 5.25 Å². The smallest absolute Gasteiger partial charge is 0.157 e. The minimum Gasteiger partial charge on any atom is -0.466 e. The Morgan fingerprint density at radius 1 is 1.29 bits per heavy atom. The predicted octanol–water partition coefficient (Wildman–Crippen LogP) is 4.39. The van der Waals surface area contributed by atoms with Crippen LogP contribution in [0.4, 0.5) is 0 Å². The minimum atomic E-state index is 0.211. The van der Waals surface area contributed by atoms with Crippen LogP contribution >= 0.6 is 11.8 Å². The third-order valence-electron chi connectivity index (χ3n) is 3.71. The van der Waals surface area contributed by atoms with Gasteiger partial charge in [0.25, 0.3) is 0 Å². The average molecular weight is 300 g/mol. The van der Waals surface area contributed by atoms with E-state index >= 15 is 0 Å². The summed E-state index contributed by atoms with van der Waals surface area (Å²) in [6.45, 7) is 6.98. The number of nitrogens with zero attached hydrogens (tertiary/aromatic N) is 1. The summed E-state index contributed by atoms with van der Waals surface area (Å²) in [5, 5.41) is 4.95. The number of thioether (sulfide) groups is 1. The molecule has 0 bridgehead atoms. The Kier molecular flexibility index (Phi) is 4.06. The molecule has 1 N–H and O–H groups in total. The van der Waals surface area contributed by atoms with Gasteiger partial charge in [0.15, 0.2) is 5.17 Å². The molecule has 2 unspecified atom stereocenters. The molecule has 3 rings (SSSR count). The van der Waals surface area contributed by atoms with Gasteiger partial charge in [0.1, 0.15) is 11.5 Å². The number of furan rings is 1. The van der Waals surface area contributed by atoms with Gasteiger partial charge in [-0.15, -0.1) is 0 Å². The first-order valence-corrected chi connectivity index (χ1v) is 8.11. The van der Waals surface area contributed by atoms with Crippen molar-refractivity contribution < 1.29 is 4.42 Å². The molecule has 1 aromatic heterocycles. The molecule has 0 saturated carbocycles. The zero-order valence-corrected chi connectivity index (χ0v) is 13.4. The number of hydrogen-bond donors (Lipinski definition) is 1. The summed E-state index contributed by atoms with van der Waals surface area (Å²) in [4.78, 5) is 4.63. The molecule has 0 saturated heterocycles. The zero-order chi connectivity index (χ0) is 14.8. The number of amidine groups is 1. The molecule has 2 aromatic rings. The summed E-state index contributed by atoms with van der Waals surface area (Å²) in [7, 11) is 0. The van der Waals surface area contributed by atoms with E-state index in [2.05, 4.69) is 53.6 Å². The van der Waals surface area contributed by atoms with E-state index in [0.717, 1.165) is 23.2 Å². The van der Waals surface area contributed by atoms with Gasteiger partial charge in [-0.2, -0.15) is 0 Å². The summed E-state index contributed by atoms with van der Waals surface area (Å²) in [6, 6.07) is 12.9. The normalized spacial score (nSPS) is 19.4. The Labute approximate surface area is 129 Å². The van der Waals surface area contributed by atoms with Gasteiger partial charge in [0, 0.05) is 5.56 Å². The van der Waals surface area contributed by atoms with E-state index < -0.39 is 0 Å². The predicted molar refractivity (Wildman–Crippen MR) is 88.8 cm³/mol. The third-order valence-corrected chi connectivity index (χ3v) is 4.89. The topological polar surface area (TPSA) is 37.5 Å². The fourth-order valence-corrected chi connectivity index (χ4v) is 3.74. The van der Waals surface area contributed by atoms with Crippen LogP contribution in [-0.4, -0.2) is 11.7 Å². The van der Waals surface area contributed by atoms with E-state index in [4.69, 9.17) is 4.42 Å². The van der Waals surface area contributed by atoms with Crippen molar-refractivity contribution in [3.63, 3.8) is 0 Å². The Morgan fingerprint density at radius 3 is 2.71 bits per heavy atom. The lowest BCUT2D eigenvalue weighted by molar-refractivity contribution is 0.497. The Bertz CT molecular complexity index is 648. The molecule has 2 heterocycles. The largest absolute Gasteiger partial charge is 0.466 e. The summed E-state index contributed by atoms with van der Waals surface area (Å²) in [5.41, 5.74) is 2.55. The van der Waals surface area contributed by atoms with Crippen LogP contribution in [0.1, 0.15) is 40.9 Å². The Balaban J connectivity index is 1.63. The molecule has 0 aliphatic carbocycles. The van der Waals surface area contributed by atoms with Crippen LogP contribution < -0.4 is 5.32 Å². The molecule has 21 heavy (non-hydrogen) atoms. The lowest BCUT2D eigenvalue weighted by Crippen LogP contribution is -2.23. The third kappa shape index (κ3) is 3.16. The molecule has 110 valence electrons. The van der Waals surface area contributed by atoms with E-state index in [1.54, 1.807) is 0 Å². The quantitative estimate of drug-likeness (QED) is 0.913. The second-order valence-corrected chi connectivity index (χ2v) is 6.59. The fourth-order valence-electron chi connectivity index (χ4n) is 2.64. The molecule has 0 amide bonds.